The molecule has 1 aliphatic heterocycles. The van der Waals surface area contributed by atoms with Crippen LogP contribution in [0.1, 0.15) is 33.3 Å². The van der Waals surface area contributed by atoms with Gasteiger partial charge in [-0.25, -0.2) is 0 Å². The van der Waals surface area contributed by atoms with Gasteiger partial charge in [-0.15, -0.1) is 0 Å². The van der Waals surface area contributed by atoms with E-state index in [1.165, 1.54) is 11.3 Å². The molecule has 0 spiro atoms. The lowest BCUT2D eigenvalue weighted by Gasteiger charge is -2.24. The molecule has 21 heavy (non-hydrogen) atoms. The zero-order valence-electron chi connectivity index (χ0n) is 13.7. The molecule has 1 aromatic rings. The maximum Gasteiger partial charge on any atom is 0.191 e. The second-order valence-corrected chi connectivity index (χ2v) is 5.93. The summed E-state index contributed by atoms with van der Waals surface area (Å²) in [5, 5.41) is 6.65. The summed E-state index contributed by atoms with van der Waals surface area (Å²) in [5.41, 5.74) is 2.84. The number of para-hydroxylation sites is 1. The van der Waals surface area contributed by atoms with E-state index in [9.17, 15) is 0 Å². The minimum atomic E-state index is 0.397. The monoisotopic (exact) mass is 288 g/mol. The van der Waals surface area contributed by atoms with Crippen molar-refractivity contribution in [2.24, 2.45) is 4.99 Å². The number of anilines is 1. The molecule has 0 aromatic heterocycles. The Hall–Kier alpha value is -1.71. The van der Waals surface area contributed by atoms with Crippen LogP contribution in [-0.2, 0) is 6.42 Å². The van der Waals surface area contributed by atoms with Crippen LogP contribution in [0.3, 0.4) is 0 Å². The zero-order valence-corrected chi connectivity index (χ0v) is 13.7. The fourth-order valence-corrected chi connectivity index (χ4v) is 2.83. The second-order valence-electron chi connectivity index (χ2n) is 5.93. The van der Waals surface area contributed by atoms with Gasteiger partial charge in [-0.1, -0.05) is 18.2 Å². The summed E-state index contributed by atoms with van der Waals surface area (Å²) >= 11 is 0. The third-order valence-corrected chi connectivity index (χ3v) is 3.73. The van der Waals surface area contributed by atoms with Crippen molar-refractivity contribution < 1.29 is 0 Å². The Morgan fingerprint density at radius 2 is 2.14 bits per heavy atom. The molecule has 0 bridgehead atoms. The van der Waals surface area contributed by atoms with Crippen LogP contribution in [0.2, 0.25) is 0 Å². The van der Waals surface area contributed by atoms with Crippen LogP contribution < -0.4 is 15.5 Å². The van der Waals surface area contributed by atoms with Crippen molar-refractivity contribution in [1.29, 1.82) is 0 Å². The molecule has 2 rings (SSSR count). The van der Waals surface area contributed by atoms with Crippen LogP contribution in [0, 0.1) is 0 Å². The van der Waals surface area contributed by atoms with Crippen molar-refractivity contribution in [2.45, 2.75) is 46.2 Å². The molecule has 1 unspecified atom stereocenters. The van der Waals surface area contributed by atoms with Crippen molar-refractivity contribution in [3.8, 4) is 0 Å². The summed E-state index contributed by atoms with van der Waals surface area (Å²) in [6.07, 6.45) is 1.14. The number of hydrogen-bond donors (Lipinski definition) is 2. The molecule has 116 valence electrons. The van der Waals surface area contributed by atoms with E-state index in [-0.39, 0.29) is 0 Å². The fraction of sp³-hybridized carbons (Fsp3) is 0.588. The van der Waals surface area contributed by atoms with Gasteiger partial charge in [-0.2, -0.15) is 0 Å². The first kappa shape index (κ1) is 15.7. The smallest absolute Gasteiger partial charge is 0.191 e. The highest BCUT2D eigenvalue weighted by Gasteiger charge is 2.24. The normalized spacial score (nSPS) is 18.0. The molecule has 0 aliphatic carbocycles. The first-order valence-electron chi connectivity index (χ1n) is 8.01. The van der Waals surface area contributed by atoms with Gasteiger partial charge in [0.05, 0.1) is 6.54 Å². The quantitative estimate of drug-likeness (QED) is 0.645. The molecule has 0 saturated heterocycles. The number of nitrogens with one attached hydrogen (secondary N) is 2. The average Bonchev–Trinajstić information content (AvgIpc) is 2.75. The Kier molecular flexibility index (Phi) is 5.48. The van der Waals surface area contributed by atoms with Crippen LogP contribution >= 0.6 is 0 Å². The van der Waals surface area contributed by atoms with Gasteiger partial charge in [0.15, 0.2) is 5.96 Å². The molecule has 0 amide bonds. The lowest BCUT2D eigenvalue weighted by molar-refractivity contribution is 0.666. The molecule has 1 atom stereocenters. The summed E-state index contributed by atoms with van der Waals surface area (Å²) in [4.78, 5) is 7.15. The molecule has 1 aromatic carbocycles. The van der Waals surface area contributed by atoms with E-state index in [1.54, 1.807) is 0 Å². The molecule has 0 radical (unpaired) electrons. The van der Waals surface area contributed by atoms with Crippen LogP contribution in [-0.4, -0.2) is 37.7 Å². The van der Waals surface area contributed by atoms with Crippen LogP contribution in [0.5, 0.6) is 0 Å². The van der Waals surface area contributed by atoms with E-state index in [0.29, 0.717) is 12.1 Å². The SMILES string of the molecule is CCNC(=NCCN1c2ccccc2CC1C)NC(C)C. The van der Waals surface area contributed by atoms with Crippen molar-refractivity contribution in [3.05, 3.63) is 29.8 Å². The zero-order chi connectivity index (χ0) is 15.2. The predicted octanol–water partition coefficient (Wildman–Crippen LogP) is 2.40. The van der Waals surface area contributed by atoms with Gasteiger partial charge in [0, 0.05) is 30.9 Å². The maximum absolute atomic E-state index is 4.68. The summed E-state index contributed by atoms with van der Waals surface area (Å²) < 4.78 is 0. The molecular weight excluding hydrogens is 260 g/mol. The van der Waals surface area contributed by atoms with Gasteiger partial charge in [-0.3, -0.25) is 4.99 Å². The molecule has 4 nitrogen and oxygen atoms in total. The van der Waals surface area contributed by atoms with Gasteiger partial charge in [-0.05, 0) is 45.7 Å². The first-order chi connectivity index (χ1) is 10.1. The Bertz CT molecular complexity index is 481. The standard InChI is InChI=1S/C17H28N4/c1-5-18-17(20-13(2)3)19-10-11-21-14(4)12-15-8-6-7-9-16(15)21/h6-9,13-14H,5,10-12H2,1-4H3,(H2,18,19,20). The molecule has 0 fully saturated rings. The molecular formula is C17H28N4. The lowest BCUT2D eigenvalue weighted by atomic mass is 10.1. The third-order valence-electron chi connectivity index (χ3n) is 3.73. The maximum atomic E-state index is 4.68. The van der Waals surface area contributed by atoms with Gasteiger partial charge < -0.3 is 15.5 Å². The van der Waals surface area contributed by atoms with Crippen LogP contribution in [0.4, 0.5) is 5.69 Å². The highest BCUT2D eigenvalue weighted by molar-refractivity contribution is 5.80. The van der Waals surface area contributed by atoms with Crippen molar-refractivity contribution in [1.82, 2.24) is 10.6 Å². The summed E-state index contributed by atoms with van der Waals surface area (Å²) in [6, 6.07) is 9.67. The fourth-order valence-electron chi connectivity index (χ4n) is 2.83. The number of fused-ring (bicyclic) bond motifs is 1. The number of nitrogens with zero attached hydrogens (tertiary/aromatic N) is 2. The largest absolute Gasteiger partial charge is 0.366 e. The van der Waals surface area contributed by atoms with Crippen LogP contribution in [0.25, 0.3) is 0 Å². The first-order valence-corrected chi connectivity index (χ1v) is 8.01. The number of rotatable bonds is 5. The van der Waals surface area contributed by atoms with Crippen molar-refractivity contribution >= 4 is 11.6 Å². The Labute approximate surface area is 128 Å². The summed E-state index contributed by atoms with van der Waals surface area (Å²) in [5.74, 6) is 0.910. The predicted molar refractivity (Wildman–Crippen MR) is 91.2 cm³/mol. The van der Waals surface area contributed by atoms with Gasteiger partial charge in [0.25, 0.3) is 0 Å². The van der Waals surface area contributed by atoms with Crippen LogP contribution in [0.15, 0.2) is 29.3 Å². The minimum Gasteiger partial charge on any atom is -0.366 e. The highest BCUT2D eigenvalue weighted by atomic mass is 15.2. The van der Waals surface area contributed by atoms with E-state index >= 15 is 0 Å². The number of aliphatic imine (C=N–C) groups is 1. The molecule has 4 heteroatoms. The number of hydrogen-bond acceptors (Lipinski definition) is 2. The Morgan fingerprint density at radius 1 is 1.38 bits per heavy atom. The highest BCUT2D eigenvalue weighted by Crippen LogP contribution is 2.31. The summed E-state index contributed by atoms with van der Waals surface area (Å²) in [7, 11) is 0. The van der Waals surface area contributed by atoms with E-state index in [2.05, 4.69) is 72.5 Å². The van der Waals surface area contributed by atoms with E-state index in [4.69, 9.17) is 0 Å². The van der Waals surface area contributed by atoms with Gasteiger partial charge in [0.1, 0.15) is 0 Å². The Balaban J connectivity index is 1.96. The van der Waals surface area contributed by atoms with E-state index in [0.717, 1.165) is 32.0 Å². The molecule has 1 aliphatic rings. The van der Waals surface area contributed by atoms with Gasteiger partial charge >= 0.3 is 0 Å². The number of benzene rings is 1. The Morgan fingerprint density at radius 3 is 2.86 bits per heavy atom. The molecule has 2 N–H and O–H groups in total. The van der Waals surface area contributed by atoms with Crippen molar-refractivity contribution in [3.63, 3.8) is 0 Å². The number of guanidine groups is 1. The van der Waals surface area contributed by atoms with E-state index < -0.39 is 0 Å². The average molecular weight is 288 g/mol. The lowest BCUT2D eigenvalue weighted by Crippen LogP contribution is -2.41. The topological polar surface area (TPSA) is 39.7 Å². The minimum absolute atomic E-state index is 0.397. The molecule has 1 heterocycles. The summed E-state index contributed by atoms with van der Waals surface area (Å²) in [6.45, 7) is 11.3. The van der Waals surface area contributed by atoms with Gasteiger partial charge in [0.2, 0.25) is 0 Å². The van der Waals surface area contributed by atoms with Crippen molar-refractivity contribution in [2.75, 3.05) is 24.5 Å². The van der Waals surface area contributed by atoms with E-state index in [1.807, 2.05) is 0 Å². The second kappa shape index (κ2) is 7.34. The third kappa shape index (κ3) is 4.13. The molecule has 0 saturated carbocycles.